The van der Waals surface area contributed by atoms with Crippen LogP contribution < -0.4 is 10.0 Å². The predicted molar refractivity (Wildman–Crippen MR) is 74.4 cm³/mol. The number of halogens is 3. The molecule has 1 aliphatic rings. The van der Waals surface area contributed by atoms with Crippen molar-refractivity contribution in [2.24, 2.45) is 0 Å². The van der Waals surface area contributed by atoms with Crippen LogP contribution in [0.1, 0.15) is 6.42 Å². The number of hydrogen-bond donors (Lipinski definition) is 2. The molecule has 0 atom stereocenters. The summed E-state index contributed by atoms with van der Waals surface area (Å²) in [5, 5.41) is 3.09. The summed E-state index contributed by atoms with van der Waals surface area (Å²) < 4.78 is 52.8. The molecule has 4 nitrogen and oxygen atoms in total. The number of rotatable bonds is 4. The summed E-state index contributed by atoms with van der Waals surface area (Å²) in [5.41, 5.74) is 0.902. The largest absolute Gasteiger partial charge is 0.313 e. The monoisotopic (exact) mass is 324 g/mol. The van der Waals surface area contributed by atoms with Crippen molar-refractivity contribution in [1.29, 1.82) is 0 Å². The van der Waals surface area contributed by atoms with Crippen LogP contribution in [-0.2, 0) is 10.0 Å². The average Bonchev–Trinajstić information content (AvgIpc) is 2.37. The summed E-state index contributed by atoms with van der Waals surface area (Å²) >= 11 is 0. The molecule has 0 bridgehead atoms. The van der Waals surface area contributed by atoms with Crippen molar-refractivity contribution in [1.82, 2.24) is 10.0 Å². The molecule has 0 amide bonds. The Bertz CT molecular complexity index is 585. The fraction of sp³-hybridized carbons (Fsp3) is 0.333. The first-order chi connectivity index (χ1) is 9.00. The van der Waals surface area contributed by atoms with Crippen LogP contribution in [0, 0.1) is 11.6 Å². The zero-order valence-corrected chi connectivity index (χ0v) is 12.2. The molecule has 1 heterocycles. The van der Waals surface area contributed by atoms with E-state index in [1.54, 1.807) is 0 Å². The lowest BCUT2D eigenvalue weighted by Gasteiger charge is -2.15. The van der Waals surface area contributed by atoms with E-state index in [1.807, 2.05) is 6.08 Å². The maximum absolute atomic E-state index is 13.4. The van der Waals surface area contributed by atoms with E-state index in [2.05, 4.69) is 10.0 Å². The summed E-state index contributed by atoms with van der Waals surface area (Å²) in [4.78, 5) is -0.926. The van der Waals surface area contributed by atoms with Crippen LogP contribution >= 0.6 is 12.4 Å². The van der Waals surface area contributed by atoms with E-state index in [0.29, 0.717) is 13.0 Å². The molecule has 20 heavy (non-hydrogen) atoms. The van der Waals surface area contributed by atoms with Crippen molar-refractivity contribution in [3.8, 4) is 0 Å². The molecule has 1 aliphatic heterocycles. The molecule has 8 heteroatoms. The van der Waals surface area contributed by atoms with Gasteiger partial charge in [-0.15, -0.1) is 12.4 Å². The topological polar surface area (TPSA) is 58.2 Å². The highest BCUT2D eigenvalue weighted by molar-refractivity contribution is 7.89. The summed E-state index contributed by atoms with van der Waals surface area (Å²) in [6, 6.07) is 2.96. The first kappa shape index (κ1) is 17.0. The molecule has 0 spiro atoms. The molecule has 1 aromatic rings. The maximum atomic E-state index is 13.4. The van der Waals surface area contributed by atoms with Crippen LogP contribution in [0.25, 0.3) is 0 Å². The van der Waals surface area contributed by atoms with Crippen LogP contribution in [0.15, 0.2) is 34.7 Å². The van der Waals surface area contributed by atoms with Crippen LogP contribution in [0.3, 0.4) is 0 Å². The second-order valence-electron chi connectivity index (χ2n) is 4.19. The second kappa shape index (κ2) is 7.12. The first-order valence-electron chi connectivity index (χ1n) is 5.83. The smallest absolute Gasteiger partial charge is 0.246 e. The highest BCUT2D eigenvalue weighted by Gasteiger charge is 2.23. The number of hydrogen-bond acceptors (Lipinski definition) is 3. The van der Waals surface area contributed by atoms with Crippen LogP contribution in [0.2, 0.25) is 0 Å². The molecule has 112 valence electrons. The Morgan fingerprint density at radius 3 is 2.45 bits per heavy atom. The van der Waals surface area contributed by atoms with E-state index in [0.717, 1.165) is 30.3 Å². The van der Waals surface area contributed by atoms with Crippen LogP contribution in [-0.4, -0.2) is 28.1 Å². The Hall–Kier alpha value is -1.02. The molecule has 0 radical (unpaired) electrons. The normalized spacial score (nSPS) is 15.4. The van der Waals surface area contributed by atoms with E-state index < -0.39 is 26.6 Å². The van der Waals surface area contributed by atoms with Gasteiger partial charge in [0.05, 0.1) is 0 Å². The van der Waals surface area contributed by atoms with Gasteiger partial charge in [-0.2, -0.15) is 0 Å². The van der Waals surface area contributed by atoms with Crippen LogP contribution in [0.4, 0.5) is 8.78 Å². The van der Waals surface area contributed by atoms with Gasteiger partial charge in [-0.25, -0.2) is 21.9 Å². The van der Waals surface area contributed by atoms with Gasteiger partial charge in [-0.05, 0) is 25.1 Å². The highest BCUT2D eigenvalue weighted by atomic mass is 35.5. The molecule has 0 unspecified atom stereocenters. The summed E-state index contributed by atoms with van der Waals surface area (Å²) in [6.07, 6.45) is 2.58. The summed E-state index contributed by atoms with van der Waals surface area (Å²) in [7, 11) is -4.18. The first-order valence-corrected chi connectivity index (χ1v) is 7.31. The Balaban J connectivity index is 0.00000200. The third kappa shape index (κ3) is 3.99. The van der Waals surface area contributed by atoms with Crippen molar-refractivity contribution < 1.29 is 17.2 Å². The quantitative estimate of drug-likeness (QED) is 0.827. The maximum Gasteiger partial charge on any atom is 0.246 e. The van der Waals surface area contributed by atoms with Crippen molar-refractivity contribution in [3.63, 3.8) is 0 Å². The lowest BCUT2D eigenvalue weighted by molar-refractivity contribution is 0.514. The third-order valence-electron chi connectivity index (χ3n) is 2.83. The molecule has 0 aliphatic carbocycles. The van der Waals surface area contributed by atoms with E-state index in [1.165, 1.54) is 0 Å². The van der Waals surface area contributed by atoms with Gasteiger partial charge in [0.1, 0.15) is 11.6 Å². The lowest BCUT2D eigenvalue weighted by atomic mass is 10.1. The molecule has 0 saturated carbocycles. The third-order valence-corrected chi connectivity index (χ3v) is 4.29. The van der Waals surface area contributed by atoms with Crippen molar-refractivity contribution >= 4 is 22.4 Å². The van der Waals surface area contributed by atoms with E-state index in [9.17, 15) is 17.2 Å². The average molecular weight is 325 g/mol. The predicted octanol–water partition coefficient (Wildman–Crippen LogP) is 1.58. The highest BCUT2D eigenvalue weighted by Crippen LogP contribution is 2.18. The summed E-state index contributed by atoms with van der Waals surface area (Å²) in [5.74, 6) is -2.18. The standard InChI is InChI=1S/C12H14F2N2O2S.ClH/c13-10-2-1-3-11(14)12(10)19(17,18)16-8-9-4-6-15-7-5-9;/h1-4,15-16H,5-8H2;1H. The molecule has 0 saturated heterocycles. The fourth-order valence-corrected chi connectivity index (χ4v) is 3.00. The minimum Gasteiger partial charge on any atom is -0.313 e. The molecular weight excluding hydrogens is 310 g/mol. The van der Waals surface area contributed by atoms with Gasteiger partial charge in [0, 0.05) is 13.1 Å². The molecular formula is C12H15ClF2N2O2S. The van der Waals surface area contributed by atoms with Crippen molar-refractivity contribution in [2.45, 2.75) is 11.3 Å². The molecule has 2 rings (SSSR count). The molecule has 1 aromatic carbocycles. The van der Waals surface area contributed by atoms with E-state index >= 15 is 0 Å². The van der Waals surface area contributed by atoms with Gasteiger partial charge >= 0.3 is 0 Å². The molecule has 0 aromatic heterocycles. The zero-order valence-electron chi connectivity index (χ0n) is 10.5. The van der Waals surface area contributed by atoms with Crippen molar-refractivity contribution in [2.75, 3.05) is 19.6 Å². The van der Waals surface area contributed by atoms with Gasteiger partial charge in [0.25, 0.3) is 0 Å². The van der Waals surface area contributed by atoms with Crippen LogP contribution in [0.5, 0.6) is 0 Å². The van der Waals surface area contributed by atoms with E-state index in [4.69, 9.17) is 0 Å². The molecule has 0 fully saturated rings. The van der Waals surface area contributed by atoms with Gasteiger partial charge in [0.2, 0.25) is 10.0 Å². The van der Waals surface area contributed by atoms with Gasteiger partial charge in [-0.3, -0.25) is 0 Å². The van der Waals surface area contributed by atoms with E-state index in [-0.39, 0.29) is 19.0 Å². The minimum absolute atomic E-state index is 0. The zero-order chi connectivity index (χ0) is 13.9. The SMILES string of the molecule is Cl.O=S(=O)(NCC1=CCNCC1)c1c(F)cccc1F. The Labute approximate surface area is 122 Å². The lowest BCUT2D eigenvalue weighted by Crippen LogP contribution is -2.30. The number of benzene rings is 1. The Morgan fingerprint density at radius 2 is 1.90 bits per heavy atom. The van der Waals surface area contributed by atoms with Gasteiger partial charge in [-0.1, -0.05) is 17.7 Å². The minimum atomic E-state index is -4.18. The number of nitrogens with one attached hydrogen (secondary N) is 2. The fourth-order valence-electron chi connectivity index (χ4n) is 1.83. The summed E-state index contributed by atoms with van der Waals surface area (Å²) in [6.45, 7) is 1.50. The van der Waals surface area contributed by atoms with Gasteiger partial charge < -0.3 is 5.32 Å². The van der Waals surface area contributed by atoms with Crippen molar-refractivity contribution in [3.05, 3.63) is 41.5 Å². The van der Waals surface area contributed by atoms with Gasteiger partial charge in [0.15, 0.2) is 4.90 Å². The number of sulfonamides is 1. The second-order valence-corrected chi connectivity index (χ2v) is 5.90. The molecule has 2 N–H and O–H groups in total. The Morgan fingerprint density at radius 1 is 1.25 bits per heavy atom. The Kier molecular flexibility index (Phi) is 6.07.